The molecule has 0 spiro atoms. The Balaban J connectivity index is 1.27. The van der Waals surface area contributed by atoms with E-state index in [-0.39, 0.29) is 17.7 Å². The van der Waals surface area contributed by atoms with E-state index in [4.69, 9.17) is 0 Å². The first kappa shape index (κ1) is 22.5. The Morgan fingerprint density at radius 3 is 2.28 bits per heavy atom. The molecule has 0 saturated carbocycles. The van der Waals surface area contributed by atoms with E-state index >= 15 is 0 Å². The summed E-state index contributed by atoms with van der Waals surface area (Å²) in [5.41, 5.74) is 2.38. The standard InChI is InChI=1S/C27H35N3O2/c1-28-21-24(20-26(28)31)27(32)30(25-11-6-3-7-12-25)16-8-15-29-17-13-23(14-18-29)19-22-9-4-2-5-10-22/h2-7,9-12,23-24H,8,13-21H2,1H3. The first-order valence-electron chi connectivity index (χ1n) is 12.0. The van der Waals surface area contributed by atoms with E-state index in [1.54, 1.807) is 11.9 Å². The molecule has 1 atom stereocenters. The Morgan fingerprint density at radius 2 is 1.66 bits per heavy atom. The van der Waals surface area contributed by atoms with Crippen molar-refractivity contribution in [2.75, 3.05) is 44.7 Å². The molecule has 0 bridgehead atoms. The molecule has 2 aliphatic rings. The molecule has 4 rings (SSSR count). The van der Waals surface area contributed by atoms with Gasteiger partial charge in [-0.1, -0.05) is 48.5 Å². The van der Waals surface area contributed by atoms with E-state index in [0.717, 1.165) is 37.7 Å². The van der Waals surface area contributed by atoms with E-state index in [1.165, 1.54) is 24.8 Å². The van der Waals surface area contributed by atoms with Crippen LogP contribution in [-0.4, -0.2) is 61.4 Å². The minimum absolute atomic E-state index is 0.0646. The molecule has 2 aromatic rings. The summed E-state index contributed by atoms with van der Waals surface area (Å²) in [6.45, 7) is 4.51. The van der Waals surface area contributed by atoms with Gasteiger partial charge in [-0.05, 0) is 68.9 Å². The third-order valence-corrected chi connectivity index (χ3v) is 6.95. The molecule has 2 aromatic carbocycles. The lowest BCUT2D eigenvalue weighted by atomic mass is 9.90. The van der Waals surface area contributed by atoms with Gasteiger partial charge in [0.2, 0.25) is 11.8 Å². The van der Waals surface area contributed by atoms with Crippen LogP contribution in [0.4, 0.5) is 5.69 Å². The van der Waals surface area contributed by atoms with Crippen LogP contribution in [0.25, 0.3) is 0 Å². The Bertz CT molecular complexity index is 878. The number of piperidine rings is 1. The first-order valence-corrected chi connectivity index (χ1v) is 12.0. The van der Waals surface area contributed by atoms with Crippen LogP contribution >= 0.6 is 0 Å². The van der Waals surface area contributed by atoms with E-state index < -0.39 is 0 Å². The normalized spacial score (nSPS) is 20.0. The third-order valence-electron chi connectivity index (χ3n) is 6.95. The third kappa shape index (κ3) is 5.77. The van der Waals surface area contributed by atoms with Gasteiger partial charge in [0, 0.05) is 32.2 Å². The second-order valence-electron chi connectivity index (χ2n) is 9.33. The highest BCUT2D eigenvalue weighted by atomic mass is 16.2. The zero-order chi connectivity index (χ0) is 22.3. The Labute approximate surface area is 192 Å². The average molecular weight is 434 g/mol. The van der Waals surface area contributed by atoms with E-state index in [2.05, 4.69) is 35.2 Å². The molecule has 2 aliphatic heterocycles. The van der Waals surface area contributed by atoms with Gasteiger partial charge in [-0.2, -0.15) is 0 Å². The molecule has 0 aliphatic carbocycles. The number of hydrogen-bond acceptors (Lipinski definition) is 3. The molecule has 170 valence electrons. The van der Waals surface area contributed by atoms with Gasteiger partial charge in [0.05, 0.1) is 5.92 Å². The van der Waals surface area contributed by atoms with E-state index in [0.29, 0.717) is 19.5 Å². The Hall–Kier alpha value is -2.66. The molecule has 2 saturated heterocycles. The number of carbonyl (C=O) groups excluding carboxylic acids is 2. The van der Waals surface area contributed by atoms with Crippen molar-refractivity contribution in [3.63, 3.8) is 0 Å². The van der Waals surface area contributed by atoms with Crippen molar-refractivity contribution in [3.05, 3.63) is 66.2 Å². The monoisotopic (exact) mass is 433 g/mol. The summed E-state index contributed by atoms with van der Waals surface area (Å²) in [7, 11) is 1.78. The van der Waals surface area contributed by atoms with E-state index in [9.17, 15) is 9.59 Å². The number of benzene rings is 2. The van der Waals surface area contributed by atoms with Gasteiger partial charge in [0.25, 0.3) is 0 Å². The fraction of sp³-hybridized carbons (Fsp3) is 0.481. The fourth-order valence-corrected chi connectivity index (χ4v) is 5.04. The minimum Gasteiger partial charge on any atom is -0.345 e. The first-order chi connectivity index (χ1) is 15.6. The summed E-state index contributed by atoms with van der Waals surface area (Å²) in [6.07, 6.45) is 4.94. The van der Waals surface area contributed by atoms with Crippen molar-refractivity contribution >= 4 is 17.5 Å². The molecule has 0 radical (unpaired) electrons. The molecule has 1 unspecified atom stereocenters. The maximum absolute atomic E-state index is 13.3. The Morgan fingerprint density at radius 1 is 1.00 bits per heavy atom. The molecule has 2 fully saturated rings. The van der Waals surface area contributed by atoms with Gasteiger partial charge in [-0.3, -0.25) is 9.59 Å². The average Bonchev–Trinajstić information content (AvgIpc) is 3.17. The largest absolute Gasteiger partial charge is 0.345 e. The zero-order valence-corrected chi connectivity index (χ0v) is 19.2. The number of para-hydroxylation sites is 1. The quantitative estimate of drug-likeness (QED) is 0.635. The van der Waals surface area contributed by atoms with Gasteiger partial charge in [0.15, 0.2) is 0 Å². The van der Waals surface area contributed by atoms with Crippen molar-refractivity contribution < 1.29 is 9.59 Å². The van der Waals surface area contributed by atoms with Gasteiger partial charge >= 0.3 is 0 Å². The minimum atomic E-state index is -0.235. The lowest BCUT2D eigenvalue weighted by molar-refractivity contribution is -0.127. The molecule has 2 amide bonds. The SMILES string of the molecule is CN1CC(C(=O)N(CCCN2CCC(Cc3ccccc3)CC2)c2ccccc2)CC1=O. The number of likely N-dealkylation sites (tertiary alicyclic amines) is 2. The predicted molar refractivity (Wildman–Crippen MR) is 128 cm³/mol. The summed E-state index contributed by atoms with van der Waals surface area (Å²) >= 11 is 0. The number of rotatable bonds is 8. The summed E-state index contributed by atoms with van der Waals surface area (Å²) in [5.74, 6) is 0.680. The molecule has 5 nitrogen and oxygen atoms in total. The molecule has 0 N–H and O–H groups in total. The smallest absolute Gasteiger partial charge is 0.232 e. The lowest BCUT2D eigenvalue weighted by Crippen LogP contribution is -2.40. The summed E-state index contributed by atoms with van der Waals surface area (Å²) in [5, 5.41) is 0. The highest BCUT2D eigenvalue weighted by molar-refractivity contribution is 5.98. The van der Waals surface area contributed by atoms with Crippen LogP contribution in [0.5, 0.6) is 0 Å². The van der Waals surface area contributed by atoms with Crippen molar-refractivity contribution in [2.45, 2.75) is 32.1 Å². The zero-order valence-electron chi connectivity index (χ0n) is 19.2. The van der Waals surface area contributed by atoms with Gasteiger partial charge in [-0.15, -0.1) is 0 Å². The second-order valence-corrected chi connectivity index (χ2v) is 9.33. The number of anilines is 1. The van der Waals surface area contributed by atoms with Crippen LogP contribution in [0.2, 0.25) is 0 Å². The number of amides is 2. The van der Waals surface area contributed by atoms with Crippen LogP contribution in [-0.2, 0) is 16.0 Å². The number of hydrogen-bond donors (Lipinski definition) is 0. The number of carbonyl (C=O) groups is 2. The van der Waals surface area contributed by atoms with Crippen LogP contribution in [0.1, 0.15) is 31.2 Å². The second kappa shape index (κ2) is 10.8. The Kier molecular flexibility index (Phi) is 7.59. The van der Waals surface area contributed by atoms with Gasteiger partial charge in [0.1, 0.15) is 0 Å². The fourth-order valence-electron chi connectivity index (χ4n) is 5.04. The van der Waals surface area contributed by atoms with Crippen molar-refractivity contribution in [3.8, 4) is 0 Å². The van der Waals surface area contributed by atoms with Crippen molar-refractivity contribution in [1.29, 1.82) is 0 Å². The highest BCUT2D eigenvalue weighted by Gasteiger charge is 2.35. The molecular formula is C27H35N3O2. The van der Waals surface area contributed by atoms with Crippen LogP contribution < -0.4 is 4.90 Å². The number of nitrogens with zero attached hydrogens (tertiary/aromatic N) is 3. The summed E-state index contributed by atoms with van der Waals surface area (Å²) in [4.78, 5) is 31.3. The highest BCUT2D eigenvalue weighted by Crippen LogP contribution is 2.24. The molecular weight excluding hydrogens is 398 g/mol. The molecule has 0 aromatic heterocycles. The van der Waals surface area contributed by atoms with Crippen LogP contribution in [0, 0.1) is 11.8 Å². The van der Waals surface area contributed by atoms with Gasteiger partial charge < -0.3 is 14.7 Å². The van der Waals surface area contributed by atoms with E-state index in [1.807, 2.05) is 35.2 Å². The molecule has 32 heavy (non-hydrogen) atoms. The lowest BCUT2D eigenvalue weighted by Gasteiger charge is -2.33. The summed E-state index contributed by atoms with van der Waals surface area (Å²) in [6, 6.07) is 20.7. The van der Waals surface area contributed by atoms with Crippen LogP contribution in [0.15, 0.2) is 60.7 Å². The van der Waals surface area contributed by atoms with Crippen molar-refractivity contribution in [1.82, 2.24) is 9.80 Å². The summed E-state index contributed by atoms with van der Waals surface area (Å²) < 4.78 is 0. The molecule has 5 heteroatoms. The van der Waals surface area contributed by atoms with Gasteiger partial charge in [-0.25, -0.2) is 0 Å². The van der Waals surface area contributed by atoms with Crippen molar-refractivity contribution in [2.24, 2.45) is 11.8 Å². The van der Waals surface area contributed by atoms with Crippen LogP contribution in [0.3, 0.4) is 0 Å². The predicted octanol–water partition coefficient (Wildman–Crippen LogP) is 3.84. The topological polar surface area (TPSA) is 43.9 Å². The maximum atomic E-state index is 13.3. The maximum Gasteiger partial charge on any atom is 0.232 e. The molecule has 2 heterocycles.